The normalized spacial score (nSPS) is 19.9. The van der Waals surface area contributed by atoms with Crippen LogP contribution in [0.1, 0.15) is 290 Å². The first-order valence-corrected chi connectivity index (χ1v) is 32.0. The fourth-order valence-electron chi connectivity index (χ4n) is 10.2. The summed E-state index contributed by atoms with van der Waals surface area (Å²) in [4.78, 5) is 13.2. The Morgan fingerprint density at radius 3 is 1.24 bits per heavy atom. The van der Waals surface area contributed by atoms with Gasteiger partial charge in [-0.15, -0.1) is 0 Å². The van der Waals surface area contributed by atoms with Crippen molar-refractivity contribution in [1.29, 1.82) is 0 Å². The van der Waals surface area contributed by atoms with Crippen LogP contribution in [-0.2, 0) is 14.3 Å². The van der Waals surface area contributed by atoms with Crippen LogP contribution < -0.4 is 5.32 Å². The van der Waals surface area contributed by atoms with Crippen LogP contribution in [0.2, 0.25) is 0 Å². The van der Waals surface area contributed by atoms with E-state index in [0.717, 1.165) is 51.4 Å². The predicted octanol–water partition coefficient (Wildman–Crippen LogP) is 14.4. The molecule has 1 aliphatic heterocycles. The number of aliphatic hydroxyl groups is 7. The molecule has 1 saturated heterocycles. The smallest absolute Gasteiger partial charge is 0.249 e. The van der Waals surface area contributed by atoms with Gasteiger partial charge in [-0.2, -0.15) is 0 Å². The fraction of sp³-hybridized carbons (Fsp3) is 0.862. The Morgan fingerprint density at radius 1 is 0.461 bits per heavy atom. The molecule has 0 saturated carbocycles. The van der Waals surface area contributed by atoms with Crippen LogP contribution in [0.25, 0.3) is 0 Å². The molecule has 0 aromatic rings. The Labute approximate surface area is 466 Å². The number of rotatable bonds is 55. The second-order valence-corrected chi connectivity index (χ2v) is 22.4. The summed E-state index contributed by atoms with van der Waals surface area (Å²) in [6.45, 7) is 3.34. The van der Waals surface area contributed by atoms with Crippen LogP contribution in [0.5, 0.6) is 0 Å². The Kier molecular flexibility index (Phi) is 50.9. The highest BCUT2D eigenvalue weighted by Gasteiger charge is 2.44. The first kappa shape index (κ1) is 72.1. The summed E-state index contributed by atoms with van der Waals surface area (Å²) < 4.78 is 11.1. The van der Waals surface area contributed by atoms with Crippen LogP contribution in [0.15, 0.2) is 48.6 Å². The van der Waals surface area contributed by atoms with Gasteiger partial charge in [-0.05, 0) is 83.5 Å². The number of hydrogen-bond donors (Lipinski definition) is 8. The fourth-order valence-corrected chi connectivity index (χ4v) is 10.2. The molecule has 446 valence electrons. The zero-order chi connectivity index (χ0) is 55.4. The van der Waals surface area contributed by atoms with Gasteiger partial charge in [0.25, 0.3) is 0 Å². The van der Waals surface area contributed by atoms with E-state index in [-0.39, 0.29) is 12.8 Å². The van der Waals surface area contributed by atoms with Gasteiger partial charge in [-0.25, -0.2) is 0 Å². The van der Waals surface area contributed by atoms with E-state index in [0.29, 0.717) is 19.3 Å². The molecule has 9 atom stereocenters. The maximum Gasteiger partial charge on any atom is 0.249 e. The lowest BCUT2D eigenvalue weighted by Crippen LogP contribution is -2.60. The summed E-state index contributed by atoms with van der Waals surface area (Å²) in [5.41, 5.74) is 0. The first-order valence-electron chi connectivity index (χ1n) is 32.0. The van der Waals surface area contributed by atoms with Crippen molar-refractivity contribution in [3.63, 3.8) is 0 Å². The third kappa shape index (κ3) is 41.1. The van der Waals surface area contributed by atoms with E-state index < -0.39 is 74.2 Å². The molecule has 0 radical (unpaired) electrons. The number of nitrogens with one attached hydrogen (secondary N) is 1. The molecular weight excluding hydrogens is 955 g/mol. The van der Waals surface area contributed by atoms with E-state index in [1.54, 1.807) is 0 Å². The zero-order valence-corrected chi connectivity index (χ0v) is 49.0. The van der Waals surface area contributed by atoms with Crippen LogP contribution in [-0.4, -0.2) is 110 Å². The van der Waals surface area contributed by atoms with Gasteiger partial charge in [0.15, 0.2) is 6.29 Å². The predicted molar refractivity (Wildman–Crippen MR) is 316 cm³/mol. The van der Waals surface area contributed by atoms with Gasteiger partial charge in [-0.1, -0.05) is 255 Å². The maximum atomic E-state index is 13.2. The molecule has 1 fully saturated rings. The van der Waals surface area contributed by atoms with Gasteiger partial charge in [0.1, 0.15) is 36.6 Å². The van der Waals surface area contributed by atoms with Crippen molar-refractivity contribution in [1.82, 2.24) is 5.32 Å². The molecular formula is C65H121NO10. The molecule has 0 bridgehead atoms. The van der Waals surface area contributed by atoms with Crippen LogP contribution >= 0.6 is 0 Å². The third-order valence-corrected chi connectivity index (χ3v) is 15.3. The van der Waals surface area contributed by atoms with Crippen molar-refractivity contribution < 1.29 is 50.0 Å². The first-order chi connectivity index (χ1) is 37.2. The molecule has 76 heavy (non-hydrogen) atoms. The molecule has 0 aliphatic carbocycles. The topological polar surface area (TPSA) is 189 Å². The van der Waals surface area contributed by atoms with Crippen molar-refractivity contribution in [3.8, 4) is 0 Å². The second-order valence-electron chi connectivity index (χ2n) is 22.4. The van der Waals surface area contributed by atoms with Gasteiger partial charge < -0.3 is 50.5 Å². The van der Waals surface area contributed by atoms with Crippen LogP contribution in [0.4, 0.5) is 0 Å². The molecule has 0 aromatic carbocycles. The van der Waals surface area contributed by atoms with Gasteiger partial charge in [0.05, 0.1) is 25.4 Å². The Bertz CT molecular complexity index is 1370. The number of carbonyl (C=O) groups is 1. The van der Waals surface area contributed by atoms with Gasteiger partial charge in [0.2, 0.25) is 5.91 Å². The Morgan fingerprint density at radius 2 is 0.829 bits per heavy atom. The lowest BCUT2D eigenvalue weighted by Gasteiger charge is -2.40. The van der Waals surface area contributed by atoms with E-state index in [4.69, 9.17) is 9.47 Å². The minimum absolute atomic E-state index is 0.240. The average molecular weight is 1080 g/mol. The minimum atomic E-state index is -1.67. The highest BCUT2D eigenvalue weighted by atomic mass is 16.7. The maximum absolute atomic E-state index is 13.2. The van der Waals surface area contributed by atoms with E-state index in [1.807, 2.05) is 0 Å². The van der Waals surface area contributed by atoms with Crippen molar-refractivity contribution in [3.05, 3.63) is 48.6 Å². The highest BCUT2D eigenvalue weighted by molar-refractivity contribution is 5.80. The number of aliphatic hydroxyl groups excluding tert-OH is 7. The van der Waals surface area contributed by atoms with Crippen molar-refractivity contribution in [2.45, 2.75) is 345 Å². The summed E-state index contributed by atoms with van der Waals surface area (Å²) in [6.07, 6.45) is 57.9. The van der Waals surface area contributed by atoms with E-state index >= 15 is 0 Å². The molecule has 0 spiro atoms. The van der Waals surface area contributed by atoms with E-state index in [1.165, 1.54) is 193 Å². The Hall–Kier alpha value is -1.93. The molecule has 1 heterocycles. The van der Waals surface area contributed by atoms with Crippen LogP contribution in [0, 0.1) is 0 Å². The highest BCUT2D eigenvalue weighted by Crippen LogP contribution is 2.23. The molecule has 1 amide bonds. The number of ether oxygens (including phenoxy) is 2. The number of allylic oxidation sites excluding steroid dienone is 8. The third-order valence-electron chi connectivity index (χ3n) is 15.3. The SMILES string of the molecule is CC/C=C/CC/C=C/CC/C=C/CCCC(O)C(O)C(COC1OC(CO)C(O)C(O)C1O)NC(=O)C(O)CCCCCCCCCCCCCCCCCC/C=C\CCCCCCCCCCCCCCCCCC. The Balaban J connectivity index is 2.14. The van der Waals surface area contributed by atoms with E-state index in [2.05, 4.69) is 67.8 Å². The molecule has 1 aliphatic rings. The number of unbranched alkanes of at least 4 members (excludes halogenated alkanes) is 35. The van der Waals surface area contributed by atoms with Gasteiger partial charge in [0, 0.05) is 0 Å². The van der Waals surface area contributed by atoms with Crippen molar-refractivity contribution in [2.24, 2.45) is 0 Å². The van der Waals surface area contributed by atoms with Crippen molar-refractivity contribution >= 4 is 5.91 Å². The largest absolute Gasteiger partial charge is 0.394 e. The number of hydrogen-bond acceptors (Lipinski definition) is 10. The molecule has 11 heteroatoms. The molecule has 1 rings (SSSR count). The average Bonchev–Trinajstić information content (AvgIpc) is 3.42. The monoisotopic (exact) mass is 1080 g/mol. The van der Waals surface area contributed by atoms with Crippen molar-refractivity contribution in [2.75, 3.05) is 13.2 Å². The summed E-state index contributed by atoms with van der Waals surface area (Å²) >= 11 is 0. The minimum Gasteiger partial charge on any atom is -0.394 e. The molecule has 0 aromatic heterocycles. The zero-order valence-electron chi connectivity index (χ0n) is 49.0. The lowest BCUT2D eigenvalue weighted by atomic mass is 9.98. The van der Waals surface area contributed by atoms with Crippen LogP contribution in [0.3, 0.4) is 0 Å². The van der Waals surface area contributed by atoms with Gasteiger partial charge in [-0.3, -0.25) is 4.79 Å². The lowest BCUT2D eigenvalue weighted by molar-refractivity contribution is -0.303. The van der Waals surface area contributed by atoms with Gasteiger partial charge >= 0.3 is 0 Å². The quantitative estimate of drug-likeness (QED) is 0.0215. The van der Waals surface area contributed by atoms with E-state index in [9.17, 15) is 40.5 Å². The summed E-state index contributed by atoms with van der Waals surface area (Å²) in [6, 6.07) is -1.19. The summed E-state index contributed by atoms with van der Waals surface area (Å²) in [5, 5.41) is 76.0. The number of carbonyl (C=O) groups excluding carboxylic acids is 1. The molecule has 9 unspecified atom stereocenters. The molecule has 8 N–H and O–H groups in total. The number of amides is 1. The second kappa shape index (κ2) is 53.7. The molecule has 11 nitrogen and oxygen atoms in total. The summed E-state index contributed by atoms with van der Waals surface area (Å²) in [7, 11) is 0. The summed E-state index contributed by atoms with van der Waals surface area (Å²) in [5.74, 6) is -0.711. The standard InChI is InChI=1S/C65H121NO10/c1-3-5-7-9-11-13-15-17-18-19-20-21-22-23-24-25-26-27-28-29-30-31-32-33-34-35-36-37-38-39-41-43-45-47-49-51-53-58(69)64(74)66-56(55-75-65-63(73)62(72)61(71)59(54-67)76-65)60(70)57(68)52-50-48-46-44-42-40-16-14-12-10-8-6-4-2/h6,8,14,16,27-28,44,46,56-63,65,67-73H,3-5,7,9-13,15,17-26,29-43,45,47-55H2,1-2H3,(H,66,74)/b8-6+,16-14+,28-27-,46-44+.